The smallest absolute Gasteiger partial charge is 0.0678 e. The summed E-state index contributed by atoms with van der Waals surface area (Å²) in [5.74, 6) is 0. The van der Waals surface area contributed by atoms with Crippen molar-refractivity contribution in [2.24, 2.45) is 10.8 Å². The summed E-state index contributed by atoms with van der Waals surface area (Å²) in [5.41, 5.74) is 3.50. The number of hydrogen-bond donors (Lipinski definition) is 1. The van der Waals surface area contributed by atoms with Crippen LogP contribution in [0.2, 0.25) is 0 Å². The SMILES string of the molecule is CCCN1CNC(C(C)(C)C)=C(C(C)(C)C)C1. The van der Waals surface area contributed by atoms with Crippen LogP contribution in [0.25, 0.3) is 0 Å². The lowest BCUT2D eigenvalue weighted by Crippen LogP contribution is -2.46. The molecular formula is C15H30N2. The van der Waals surface area contributed by atoms with E-state index in [1.165, 1.54) is 18.7 Å². The first-order valence-corrected chi connectivity index (χ1v) is 6.86. The van der Waals surface area contributed by atoms with Crippen LogP contribution in [-0.2, 0) is 0 Å². The van der Waals surface area contributed by atoms with Crippen LogP contribution in [0, 0.1) is 10.8 Å². The van der Waals surface area contributed by atoms with E-state index in [1.807, 2.05) is 0 Å². The fraction of sp³-hybridized carbons (Fsp3) is 0.867. The molecule has 1 aliphatic heterocycles. The van der Waals surface area contributed by atoms with Crippen molar-refractivity contribution in [3.05, 3.63) is 11.3 Å². The minimum atomic E-state index is 0.223. The molecule has 0 atom stereocenters. The van der Waals surface area contributed by atoms with Gasteiger partial charge >= 0.3 is 0 Å². The second-order valence-corrected chi connectivity index (χ2v) is 7.24. The fourth-order valence-corrected chi connectivity index (χ4v) is 2.46. The maximum Gasteiger partial charge on any atom is 0.0678 e. The van der Waals surface area contributed by atoms with Gasteiger partial charge in [-0.25, -0.2) is 0 Å². The zero-order valence-electron chi connectivity index (χ0n) is 12.8. The first-order valence-electron chi connectivity index (χ1n) is 6.86. The van der Waals surface area contributed by atoms with E-state index in [-0.39, 0.29) is 10.8 Å². The molecule has 1 rings (SSSR count). The molecule has 17 heavy (non-hydrogen) atoms. The molecule has 0 bridgehead atoms. The molecule has 0 aromatic heterocycles. The van der Waals surface area contributed by atoms with Gasteiger partial charge in [-0.15, -0.1) is 0 Å². The Bertz CT molecular complexity index is 289. The number of rotatable bonds is 2. The Kier molecular flexibility index (Phi) is 4.29. The van der Waals surface area contributed by atoms with E-state index in [0.717, 1.165) is 13.2 Å². The lowest BCUT2D eigenvalue weighted by Gasteiger charge is -2.41. The molecular weight excluding hydrogens is 208 g/mol. The summed E-state index contributed by atoms with van der Waals surface area (Å²) >= 11 is 0. The van der Waals surface area contributed by atoms with E-state index in [4.69, 9.17) is 0 Å². The molecule has 0 saturated heterocycles. The van der Waals surface area contributed by atoms with Gasteiger partial charge in [0.15, 0.2) is 0 Å². The summed E-state index contributed by atoms with van der Waals surface area (Å²) in [5, 5.41) is 3.66. The maximum atomic E-state index is 3.66. The lowest BCUT2D eigenvalue weighted by molar-refractivity contribution is 0.223. The highest BCUT2D eigenvalue weighted by atomic mass is 15.2. The van der Waals surface area contributed by atoms with E-state index in [9.17, 15) is 0 Å². The van der Waals surface area contributed by atoms with Gasteiger partial charge in [-0.1, -0.05) is 48.5 Å². The average Bonchev–Trinajstić information content (AvgIpc) is 2.15. The number of nitrogens with one attached hydrogen (secondary N) is 1. The van der Waals surface area contributed by atoms with Crippen molar-refractivity contribution in [1.82, 2.24) is 10.2 Å². The van der Waals surface area contributed by atoms with Crippen LogP contribution in [-0.4, -0.2) is 24.7 Å². The normalized spacial score (nSPS) is 19.5. The molecule has 0 aromatic carbocycles. The Balaban J connectivity index is 3.03. The first-order chi connectivity index (χ1) is 7.66. The lowest BCUT2D eigenvalue weighted by atomic mass is 9.77. The molecule has 0 saturated carbocycles. The average molecular weight is 238 g/mol. The highest BCUT2D eigenvalue weighted by molar-refractivity contribution is 5.26. The molecule has 0 spiro atoms. The molecule has 0 radical (unpaired) electrons. The second-order valence-electron chi connectivity index (χ2n) is 7.24. The Hall–Kier alpha value is -0.500. The molecule has 0 fully saturated rings. The number of nitrogens with zero attached hydrogens (tertiary/aromatic N) is 1. The predicted molar refractivity (Wildman–Crippen MR) is 75.8 cm³/mol. The second kappa shape index (κ2) is 5.01. The van der Waals surface area contributed by atoms with Crippen molar-refractivity contribution in [1.29, 1.82) is 0 Å². The molecule has 2 heteroatoms. The highest BCUT2D eigenvalue weighted by Gasteiger charge is 2.31. The largest absolute Gasteiger partial charge is 0.375 e. The molecule has 0 aromatic rings. The van der Waals surface area contributed by atoms with Gasteiger partial charge in [0.2, 0.25) is 0 Å². The third-order valence-corrected chi connectivity index (χ3v) is 3.36. The Labute approximate surface area is 107 Å². The fourth-order valence-electron chi connectivity index (χ4n) is 2.46. The molecule has 2 nitrogen and oxygen atoms in total. The standard InChI is InChI=1S/C15H30N2/c1-8-9-17-10-12(14(2,3)4)13(16-11-17)15(5,6)7/h16H,8-11H2,1-7H3. The van der Waals surface area contributed by atoms with Gasteiger partial charge in [0, 0.05) is 17.7 Å². The van der Waals surface area contributed by atoms with Crippen LogP contribution in [0.4, 0.5) is 0 Å². The zero-order chi connectivity index (χ0) is 13.3. The van der Waals surface area contributed by atoms with Crippen molar-refractivity contribution in [2.45, 2.75) is 54.9 Å². The Morgan fingerprint density at radius 3 is 2.06 bits per heavy atom. The molecule has 100 valence electrons. The van der Waals surface area contributed by atoms with Gasteiger partial charge in [0.25, 0.3) is 0 Å². The summed E-state index contributed by atoms with van der Waals surface area (Å²) in [6, 6.07) is 0. The third-order valence-electron chi connectivity index (χ3n) is 3.36. The minimum absolute atomic E-state index is 0.223. The topological polar surface area (TPSA) is 15.3 Å². The summed E-state index contributed by atoms with van der Waals surface area (Å²) < 4.78 is 0. The highest BCUT2D eigenvalue weighted by Crippen LogP contribution is 2.37. The van der Waals surface area contributed by atoms with Crippen LogP contribution < -0.4 is 5.32 Å². The summed E-state index contributed by atoms with van der Waals surface area (Å²) in [7, 11) is 0. The molecule has 1 heterocycles. The van der Waals surface area contributed by atoms with Crippen molar-refractivity contribution < 1.29 is 0 Å². The summed E-state index contributed by atoms with van der Waals surface area (Å²) in [6.45, 7) is 19.4. The van der Waals surface area contributed by atoms with E-state index >= 15 is 0 Å². The predicted octanol–water partition coefficient (Wildman–Crippen LogP) is 3.61. The molecule has 0 amide bonds. The Morgan fingerprint density at radius 1 is 1.06 bits per heavy atom. The summed E-state index contributed by atoms with van der Waals surface area (Å²) in [4.78, 5) is 2.51. The van der Waals surface area contributed by atoms with E-state index in [2.05, 4.69) is 58.7 Å². The number of hydrogen-bond acceptors (Lipinski definition) is 2. The molecule has 1 aliphatic rings. The van der Waals surface area contributed by atoms with Gasteiger partial charge < -0.3 is 5.32 Å². The van der Waals surface area contributed by atoms with Crippen LogP contribution >= 0.6 is 0 Å². The monoisotopic (exact) mass is 238 g/mol. The van der Waals surface area contributed by atoms with Crippen LogP contribution in [0.3, 0.4) is 0 Å². The van der Waals surface area contributed by atoms with Crippen molar-refractivity contribution in [3.63, 3.8) is 0 Å². The molecule has 0 aliphatic carbocycles. The van der Waals surface area contributed by atoms with Crippen molar-refractivity contribution in [2.75, 3.05) is 19.8 Å². The van der Waals surface area contributed by atoms with Crippen LogP contribution in [0.1, 0.15) is 54.9 Å². The number of allylic oxidation sites excluding steroid dienone is 1. The molecule has 1 N–H and O–H groups in total. The molecule has 0 unspecified atom stereocenters. The van der Waals surface area contributed by atoms with Crippen LogP contribution in [0.15, 0.2) is 11.3 Å². The first kappa shape index (κ1) is 14.6. The minimum Gasteiger partial charge on any atom is -0.375 e. The summed E-state index contributed by atoms with van der Waals surface area (Å²) in [6.07, 6.45) is 1.23. The Morgan fingerprint density at radius 2 is 1.65 bits per heavy atom. The maximum absolute atomic E-state index is 3.66. The van der Waals surface area contributed by atoms with Gasteiger partial charge in [0.1, 0.15) is 0 Å². The van der Waals surface area contributed by atoms with Crippen molar-refractivity contribution in [3.8, 4) is 0 Å². The quantitative estimate of drug-likeness (QED) is 0.790. The van der Waals surface area contributed by atoms with Gasteiger partial charge in [-0.05, 0) is 24.0 Å². The van der Waals surface area contributed by atoms with Gasteiger partial charge in [-0.3, -0.25) is 4.90 Å². The zero-order valence-corrected chi connectivity index (χ0v) is 12.8. The van der Waals surface area contributed by atoms with E-state index in [0.29, 0.717) is 0 Å². The van der Waals surface area contributed by atoms with E-state index in [1.54, 1.807) is 5.57 Å². The van der Waals surface area contributed by atoms with Gasteiger partial charge in [0.05, 0.1) is 6.67 Å². The van der Waals surface area contributed by atoms with Crippen LogP contribution in [0.5, 0.6) is 0 Å². The van der Waals surface area contributed by atoms with E-state index < -0.39 is 0 Å². The van der Waals surface area contributed by atoms with Gasteiger partial charge in [-0.2, -0.15) is 0 Å². The third kappa shape index (κ3) is 3.74. The van der Waals surface area contributed by atoms with Crippen molar-refractivity contribution >= 4 is 0 Å².